The Morgan fingerprint density at radius 3 is 2.03 bits per heavy atom. The highest BCUT2D eigenvalue weighted by atomic mass is 16.5. The van der Waals surface area contributed by atoms with Crippen molar-refractivity contribution in [3.8, 4) is 11.4 Å². The highest BCUT2D eigenvalue weighted by molar-refractivity contribution is 5.82. The number of carbonyl (C=O) groups is 2. The Balaban J connectivity index is 2.23. The number of imidazole rings is 1. The van der Waals surface area contributed by atoms with E-state index in [4.69, 9.17) is 9.47 Å². The monoisotopic (exact) mass is 498 g/mol. The molecule has 1 aromatic heterocycles. The minimum atomic E-state index is -0.826. The van der Waals surface area contributed by atoms with E-state index in [0.29, 0.717) is 30.9 Å². The van der Waals surface area contributed by atoms with Crippen LogP contribution in [0.3, 0.4) is 0 Å². The second kappa shape index (κ2) is 16.2. The molecule has 0 aliphatic heterocycles. The zero-order chi connectivity index (χ0) is 26.3. The molecule has 6 nitrogen and oxygen atoms in total. The number of unbranched alkanes of at least 4 members (excludes halogenated alkanes) is 2. The third-order valence-electron chi connectivity index (χ3n) is 6.88. The van der Waals surface area contributed by atoms with Crippen molar-refractivity contribution in [3.63, 3.8) is 0 Å². The van der Waals surface area contributed by atoms with Crippen molar-refractivity contribution in [1.82, 2.24) is 9.55 Å². The van der Waals surface area contributed by atoms with Gasteiger partial charge in [-0.1, -0.05) is 96.6 Å². The summed E-state index contributed by atoms with van der Waals surface area (Å²) in [6.07, 6.45) is 10.2. The van der Waals surface area contributed by atoms with Gasteiger partial charge in [0.05, 0.1) is 25.3 Å². The average molecular weight is 499 g/mol. The number of esters is 2. The number of benzene rings is 1. The van der Waals surface area contributed by atoms with Gasteiger partial charge in [0, 0.05) is 11.8 Å². The molecule has 6 heteroatoms. The Kier molecular flexibility index (Phi) is 13.3. The van der Waals surface area contributed by atoms with Crippen molar-refractivity contribution in [3.05, 3.63) is 42.2 Å². The molecular formula is C30H46N2O4. The lowest BCUT2D eigenvalue weighted by Gasteiger charge is -2.22. The van der Waals surface area contributed by atoms with Crippen molar-refractivity contribution < 1.29 is 19.1 Å². The van der Waals surface area contributed by atoms with Gasteiger partial charge in [0.25, 0.3) is 0 Å². The van der Waals surface area contributed by atoms with Crippen LogP contribution in [0.1, 0.15) is 97.2 Å². The molecule has 2 aromatic rings. The van der Waals surface area contributed by atoms with E-state index in [0.717, 1.165) is 62.6 Å². The molecule has 0 radical (unpaired) electrons. The van der Waals surface area contributed by atoms with Gasteiger partial charge in [0.15, 0.2) is 0 Å². The third kappa shape index (κ3) is 9.44. The molecule has 1 heterocycles. The van der Waals surface area contributed by atoms with Crippen LogP contribution >= 0.6 is 0 Å². The number of nitrogens with zero attached hydrogens (tertiary/aromatic N) is 2. The zero-order valence-corrected chi connectivity index (χ0v) is 23.0. The van der Waals surface area contributed by atoms with Crippen LogP contribution in [0, 0.1) is 18.8 Å². The maximum Gasteiger partial charge on any atom is 0.329 e. The molecule has 2 rings (SSSR count). The van der Waals surface area contributed by atoms with E-state index >= 15 is 0 Å². The van der Waals surface area contributed by atoms with Crippen LogP contribution in [0.4, 0.5) is 0 Å². The molecule has 0 aliphatic carbocycles. The van der Waals surface area contributed by atoms with Gasteiger partial charge in [0.1, 0.15) is 11.9 Å². The number of hydrogen-bond acceptors (Lipinski definition) is 5. The molecule has 0 spiro atoms. The van der Waals surface area contributed by atoms with Gasteiger partial charge < -0.3 is 14.0 Å². The smallest absolute Gasteiger partial charge is 0.329 e. The number of aryl methyl sites for hydroxylation is 1. The molecule has 36 heavy (non-hydrogen) atoms. The first-order valence-corrected chi connectivity index (χ1v) is 13.9. The summed E-state index contributed by atoms with van der Waals surface area (Å²) in [5, 5.41) is 0. The number of carbonyl (C=O) groups excluding carboxylic acids is 2. The van der Waals surface area contributed by atoms with Crippen LogP contribution in [-0.4, -0.2) is 34.7 Å². The molecule has 3 atom stereocenters. The highest BCUT2D eigenvalue weighted by Crippen LogP contribution is 2.27. The van der Waals surface area contributed by atoms with E-state index < -0.39 is 12.0 Å². The summed E-state index contributed by atoms with van der Waals surface area (Å²) in [6, 6.07) is 8.90. The maximum atomic E-state index is 13.4. The summed E-state index contributed by atoms with van der Waals surface area (Å²) in [4.78, 5) is 31.0. The minimum absolute atomic E-state index is 0.0789. The largest absolute Gasteiger partial charge is 0.465 e. The van der Waals surface area contributed by atoms with Gasteiger partial charge in [-0.25, -0.2) is 9.78 Å². The molecule has 0 saturated heterocycles. The minimum Gasteiger partial charge on any atom is -0.465 e. The maximum absolute atomic E-state index is 13.4. The lowest BCUT2D eigenvalue weighted by atomic mass is 10.0. The Hall–Kier alpha value is -2.63. The third-order valence-corrected chi connectivity index (χ3v) is 6.88. The van der Waals surface area contributed by atoms with Crippen LogP contribution in [0.2, 0.25) is 0 Å². The molecule has 0 amide bonds. The van der Waals surface area contributed by atoms with Crippen LogP contribution in [-0.2, 0) is 19.1 Å². The zero-order valence-electron chi connectivity index (χ0n) is 23.0. The molecular weight excluding hydrogens is 452 g/mol. The van der Waals surface area contributed by atoms with E-state index in [1.165, 1.54) is 0 Å². The van der Waals surface area contributed by atoms with E-state index in [1.807, 2.05) is 43.5 Å². The Morgan fingerprint density at radius 2 is 1.47 bits per heavy atom. The standard InChI is InChI=1S/C30H46N2O4/c1-6-10-15-24(8-3)21-35-28(33)19-27(30(34)36-22-25(9-4)16-11-7-2)32-20-23(5)31-29(32)26-17-13-12-14-18-26/h12-14,17-18,20,24-25,27H,6-11,15-16,19,21-22H2,1-5H3. The van der Waals surface area contributed by atoms with E-state index in [-0.39, 0.29) is 12.4 Å². The normalized spacial score (nSPS) is 13.7. The average Bonchev–Trinajstić information content (AvgIpc) is 3.29. The first-order valence-electron chi connectivity index (χ1n) is 13.9. The summed E-state index contributed by atoms with van der Waals surface area (Å²) in [6.45, 7) is 11.2. The summed E-state index contributed by atoms with van der Waals surface area (Å²) < 4.78 is 13.3. The van der Waals surface area contributed by atoms with Crippen LogP contribution in [0.15, 0.2) is 36.5 Å². The molecule has 3 unspecified atom stereocenters. The number of ether oxygens (including phenoxy) is 2. The fourth-order valence-corrected chi connectivity index (χ4v) is 4.37. The van der Waals surface area contributed by atoms with E-state index in [9.17, 15) is 9.59 Å². The quantitative estimate of drug-likeness (QED) is 0.214. The predicted octanol–water partition coefficient (Wildman–Crippen LogP) is 7.31. The van der Waals surface area contributed by atoms with Gasteiger partial charge in [-0.3, -0.25) is 4.79 Å². The fraction of sp³-hybridized carbons (Fsp3) is 0.633. The van der Waals surface area contributed by atoms with Crippen molar-refractivity contribution in [2.45, 2.75) is 98.4 Å². The lowest BCUT2D eigenvalue weighted by Crippen LogP contribution is -2.28. The number of hydrogen-bond donors (Lipinski definition) is 0. The molecule has 0 N–H and O–H groups in total. The SMILES string of the molecule is CCCCC(CC)COC(=O)CC(C(=O)OCC(CC)CCCC)n1cc(C)nc1-c1ccccc1. The molecule has 200 valence electrons. The Labute approximate surface area is 217 Å². The summed E-state index contributed by atoms with van der Waals surface area (Å²) in [7, 11) is 0. The summed E-state index contributed by atoms with van der Waals surface area (Å²) in [5.74, 6) is 0.530. The van der Waals surface area contributed by atoms with Crippen molar-refractivity contribution in [2.75, 3.05) is 13.2 Å². The number of rotatable bonds is 17. The van der Waals surface area contributed by atoms with Crippen LogP contribution < -0.4 is 0 Å². The highest BCUT2D eigenvalue weighted by Gasteiger charge is 2.30. The van der Waals surface area contributed by atoms with Crippen molar-refractivity contribution >= 4 is 11.9 Å². The fourth-order valence-electron chi connectivity index (χ4n) is 4.37. The topological polar surface area (TPSA) is 70.4 Å². The molecule has 0 saturated carbocycles. The lowest BCUT2D eigenvalue weighted by molar-refractivity contribution is -0.156. The predicted molar refractivity (Wildman–Crippen MR) is 145 cm³/mol. The van der Waals surface area contributed by atoms with Gasteiger partial charge >= 0.3 is 11.9 Å². The first kappa shape index (κ1) is 29.6. The number of aromatic nitrogens is 2. The second-order valence-electron chi connectivity index (χ2n) is 9.85. The molecule has 0 fully saturated rings. The van der Waals surface area contributed by atoms with Gasteiger partial charge in [0.2, 0.25) is 0 Å². The van der Waals surface area contributed by atoms with Gasteiger partial charge in [-0.2, -0.15) is 0 Å². The van der Waals surface area contributed by atoms with Gasteiger partial charge in [-0.05, 0) is 31.6 Å². The Morgan fingerprint density at radius 1 is 0.889 bits per heavy atom. The summed E-state index contributed by atoms with van der Waals surface area (Å²) in [5.41, 5.74) is 1.66. The molecule has 0 aliphatic rings. The van der Waals surface area contributed by atoms with Crippen LogP contribution in [0.25, 0.3) is 11.4 Å². The molecule has 1 aromatic carbocycles. The summed E-state index contributed by atoms with van der Waals surface area (Å²) >= 11 is 0. The second-order valence-corrected chi connectivity index (χ2v) is 9.85. The van der Waals surface area contributed by atoms with Crippen LogP contribution in [0.5, 0.6) is 0 Å². The Bertz CT molecular complexity index is 909. The molecule has 0 bridgehead atoms. The van der Waals surface area contributed by atoms with Gasteiger partial charge in [-0.15, -0.1) is 0 Å². The van der Waals surface area contributed by atoms with E-state index in [1.54, 1.807) is 4.57 Å². The first-order chi connectivity index (χ1) is 17.4. The van der Waals surface area contributed by atoms with E-state index in [2.05, 4.69) is 32.7 Å². The van der Waals surface area contributed by atoms with Crippen molar-refractivity contribution in [2.24, 2.45) is 11.8 Å². The van der Waals surface area contributed by atoms with Crippen molar-refractivity contribution in [1.29, 1.82) is 0 Å².